The van der Waals surface area contributed by atoms with Crippen LogP contribution in [0.5, 0.6) is 0 Å². The number of carbonyl (C=O) groups is 1. The third kappa shape index (κ3) is 5.20. The van der Waals surface area contributed by atoms with Crippen molar-refractivity contribution in [1.29, 1.82) is 0 Å². The van der Waals surface area contributed by atoms with Gasteiger partial charge in [-0.25, -0.2) is 0 Å². The molecule has 4 aliphatic rings. The van der Waals surface area contributed by atoms with Gasteiger partial charge >= 0.3 is 0 Å². The van der Waals surface area contributed by atoms with Crippen molar-refractivity contribution in [3.8, 4) is 0 Å². The van der Waals surface area contributed by atoms with Crippen molar-refractivity contribution in [3.05, 3.63) is 29.8 Å². The van der Waals surface area contributed by atoms with Crippen molar-refractivity contribution >= 4 is 41.5 Å². The second-order valence-electron chi connectivity index (χ2n) is 9.67. The Kier molecular flexibility index (Phi) is 7.44. The molecule has 1 saturated heterocycles. The summed E-state index contributed by atoms with van der Waals surface area (Å²) in [4.78, 5) is 21.7. The van der Waals surface area contributed by atoms with Crippen LogP contribution in [0.2, 0.25) is 0 Å². The van der Waals surface area contributed by atoms with Crippen molar-refractivity contribution in [2.24, 2.45) is 22.7 Å². The van der Waals surface area contributed by atoms with E-state index in [9.17, 15) is 4.79 Å². The molecule has 0 bridgehead atoms. The fourth-order valence-electron chi connectivity index (χ4n) is 5.51. The molecule has 31 heavy (non-hydrogen) atoms. The van der Waals surface area contributed by atoms with Crippen molar-refractivity contribution < 1.29 is 4.79 Å². The summed E-state index contributed by atoms with van der Waals surface area (Å²) in [5, 5.41) is 3.58. The third-order valence-corrected chi connectivity index (χ3v) is 7.49. The number of halogens is 1. The summed E-state index contributed by atoms with van der Waals surface area (Å²) >= 11 is 0. The van der Waals surface area contributed by atoms with E-state index >= 15 is 0 Å². The number of nitrogens with one attached hydrogen (secondary N) is 1. The molecule has 1 aromatic rings. The highest BCUT2D eigenvalue weighted by atomic mass is 127. The molecule has 1 unspecified atom stereocenters. The highest BCUT2D eigenvalue weighted by Gasteiger charge is 2.41. The molecule has 2 aliphatic heterocycles. The van der Waals surface area contributed by atoms with E-state index in [1.807, 2.05) is 0 Å². The summed E-state index contributed by atoms with van der Waals surface area (Å²) in [5.74, 6) is 4.51. The summed E-state index contributed by atoms with van der Waals surface area (Å²) in [5.41, 5.74) is 2.71. The van der Waals surface area contributed by atoms with Crippen LogP contribution >= 0.6 is 24.0 Å². The molecule has 1 amide bonds. The molecule has 3 fully saturated rings. The van der Waals surface area contributed by atoms with E-state index in [0.29, 0.717) is 11.8 Å². The van der Waals surface area contributed by atoms with Crippen LogP contribution in [0, 0.1) is 17.8 Å². The lowest BCUT2D eigenvalue weighted by Crippen LogP contribution is -2.41. The monoisotopic (exact) mass is 536 g/mol. The number of carbonyl (C=O) groups excluding carboxylic acids is 1. The number of para-hydroxylation sites is 1. The molecule has 6 heteroatoms. The Morgan fingerprint density at radius 1 is 1.19 bits per heavy atom. The number of anilines is 1. The van der Waals surface area contributed by atoms with Crippen LogP contribution in [0.1, 0.15) is 63.4 Å². The Morgan fingerprint density at radius 3 is 2.58 bits per heavy atom. The minimum absolute atomic E-state index is 0. The highest BCUT2D eigenvalue weighted by Crippen LogP contribution is 2.49. The summed E-state index contributed by atoms with van der Waals surface area (Å²) in [6.07, 6.45) is 8.44. The SMILES string of the molecule is CCNC(=NCC(C1CC1)C1CC1)N1CC(CCN2CCCC2=O)c2ccccc21.I. The minimum Gasteiger partial charge on any atom is -0.356 e. The normalized spacial score (nSPS) is 23.4. The van der Waals surface area contributed by atoms with Crippen molar-refractivity contribution in [2.75, 3.05) is 37.6 Å². The number of hydrogen-bond acceptors (Lipinski definition) is 2. The molecule has 0 spiro atoms. The Morgan fingerprint density at radius 2 is 1.94 bits per heavy atom. The largest absolute Gasteiger partial charge is 0.356 e. The van der Waals surface area contributed by atoms with E-state index in [-0.39, 0.29) is 24.0 Å². The lowest BCUT2D eigenvalue weighted by atomic mass is 9.98. The third-order valence-electron chi connectivity index (χ3n) is 7.49. The number of hydrogen-bond donors (Lipinski definition) is 1. The first-order valence-electron chi connectivity index (χ1n) is 12.2. The van der Waals surface area contributed by atoms with Gasteiger partial charge in [-0.15, -0.1) is 24.0 Å². The fourth-order valence-corrected chi connectivity index (χ4v) is 5.51. The number of rotatable bonds is 8. The van der Waals surface area contributed by atoms with E-state index in [2.05, 4.69) is 46.3 Å². The van der Waals surface area contributed by atoms with Crippen LogP contribution in [-0.4, -0.2) is 49.5 Å². The quantitative estimate of drug-likeness (QED) is 0.300. The van der Waals surface area contributed by atoms with Gasteiger partial charge in [0.05, 0.1) is 0 Å². The predicted molar refractivity (Wildman–Crippen MR) is 137 cm³/mol. The van der Waals surface area contributed by atoms with Gasteiger partial charge in [-0.2, -0.15) is 0 Å². The minimum atomic E-state index is 0. The molecular weight excluding hydrogens is 499 g/mol. The lowest BCUT2D eigenvalue weighted by molar-refractivity contribution is -0.127. The van der Waals surface area contributed by atoms with Crippen LogP contribution in [0.25, 0.3) is 0 Å². The first kappa shape index (κ1) is 22.9. The second-order valence-corrected chi connectivity index (χ2v) is 9.67. The number of amides is 1. The maximum Gasteiger partial charge on any atom is 0.222 e. The van der Waals surface area contributed by atoms with E-state index in [0.717, 1.165) is 75.7 Å². The topological polar surface area (TPSA) is 47.9 Å². The number of nitrogens with zero attached hydrogens (tertiary/aromatic N) is 3. The molecule has 2 heterocycles. The van der Waals surface area contributed by atoms with E-state index < -0.39 is 0 Å². The molecule has 0 radical (unpaired) electrons. The number of benzene rings is 1. The first-order valence-corrected chi connectivity index (χ1v) is 12.2. The highest BCUT2D eigenvalue weighted by molar-refractivity contribution is 14.0. The average Bonchev–Trinajstić information content (AvgIpc) is 3.69. The van der Waals surface area contributed by atoms with E-state index in [4.69, 9.17) is 4.99 Å². The molecule has 2 aliphatic carbocycles. The van der Waals surface area contributed by atoms with Crippen LogP contribution in [0.3, 0.4) is 0 Å². The van der Waals surface area contributed by atoms with Gasteiger partial charge in [0.2, 0.25) is 5.91 Å². The lowest BCUT2D eigenvalue weighted by Gasteiger charge is -2.24. The Hall–Kier alpha value is -1.31. The maximum atomic E-state index is 12.0. The van der Waals surface area contributed by atoms with Crippen molar-refractivity contribution in [3.63, 3.8) is 0 Å². The zero-order valence-corrected chi connectivity index (χ0v) is 21.1. The van der Waals surface area contributed by atoms with Crippen molar-refractivity contribution in [2.45, 2.75) is 57.8 Å². The van der Waals surface area contributed by atoms with Gasteiger partial charge < -0.3 is 15.1 Å². The summed E-state index contributed by atoms with van der Waals surface area (Å²) < 4.78 is 0. The molecular formula is C25H37IN4O. The fraction of sp³-hybridized carbons (Fsp3) is 0.680. The van der Waals surface area contributed by atoms with Gasteiger partial charge in [0.15, 0.2) is 5.96 Å². The van der Waals surface area contributed by atoms with E-state index in [1.54, 1.807) is 0 Å². The first-order chi connectivity index (χ1) is 14.7. The summed E-state index contributed by atoms with van der Waals surface area (Å²) in [6.45, 7) is 6.80. The van der Waals surface area contributed by atoms with Crippen LogP contribution in [0.15, 0.2) is 29.3 Å². The van der Waals surface area contributed by atoms with Crippen LogP contribution in [0.4, 0.5) is 5.69 Å². The number of aliphatic imine (C=N–C) groups is 1. The summed E-state index contributed by atoms with van der Waals surface area (Å²) in [6, 6.07) is 8.80. The molecule has 1 N–H and O–H groups in total. The predicted octanol–water partition coefficient (Wildman–Crippen LogP) is 4.62. The second kappa shape index (κ2) is 10.1. The Balaban J connectivity index is 0.00000231. The van der Waals surface area contributed by atoms with Crippen LogP contribution in [-0.2, 0) is 4.79 Å². The molecule has 2 saturated carbocycles. The zero-order chi connectivity index (χ0) is 20.5. The molecule has 1 atom stereocenters. The van der Waals surface area contributed by atoms with Crippen molar-refractivity contribution in [1.82, 2.24) is 10.2 Å². The summed E-state index contributed by atoms with van der Waals surface area (Å²) in [7, 11) is 0. The molecule has 5 nitrogen and oxygen atoms in total. The molecule has 0 aromatic heterocycles. The van der Waals surface area contributed by atoms with Gasteiger partial charge in [0.25, 0.3) is 0 Å². The Labute approximate surface area is 204 Å². The zero-order valence-electron chi connectivity index (χ0n) is 18.8. The maximum absolute atomic E-state index is 12.0. The van der Waals surface area contributed by atoms with E-state index in [1.165, 1.54) is 36.9 Å². The standard InChI is InChI=1S/C25H36N4O.HI/c1-2-26-25(27-16-22(18-9-10-18)19-11-12-19)29-17-20(21-6-3-4-7-23(21)29)13-15-28-14-5-8-24(28)30;/h3-4,6-7,18-20,22H,2,5,8-17H2,1H3,(H,26,27);1H. The van der Waals surface area contributed by atoms with Gasteiger partial charge in [-0.3, -0.25) is 9.79 Å². The molecule has 170 valence electrons. The number of fused-ring (bicyclic) bond motifs is 1. The van der Waals surface area contributed by atoms with Gasteiger partial charge in [0.1, 0.15) is 0 Å². The van der Waals surface area contributed by atoms with Crippen LogP contribution < -0.4 is 10.2 Å². The Bertz CT molecular complexity index is 792. The van der Waals surface area contributed by atoms with Gasteiger partial charge in [0, 0.05) is 50.7 Å². The molecule has 5 rings (SSSR count). The average molecular weight is 537 g/mol. The smallest absolute Gasteiger partial charge is 0.222 e. The molecule has 1 aromatic carbocycles. The van der Waals surface area contributed by atoms with Gasteiger partial charge in [-0.1, -0.05) is 18.2 Å². The van der Waals surface area contributed by atoms with Gasteiger partial charge in [-0.05, 0) is 74.8 Å². The number of guanidine groups is 1. The number of likely N-dealkylation sites (tertiary alicyclic amines) is 1.